The van der Waals surface area contributed by atoms with Crippen molar-refractivity contribution in [2.45, 2.75) is 6.42 Å². The predicted octanol–water partition coefficient (Wildman–Crippen LogP) is 2.06. The standard InChI is InChI=1S/C9H8.C2H3N3/c1-2-5-9-7-3-6-8(9)4-1;1-2-4-5-3-1/h1-6H,7H2;1-2H,(H,3,4,5). The first-order chi connectivity index (χ1) is 6.97. The van der Waals surface area contributed by atoms with Crippen molar-refractivity contribution in [1.29, 1.82) is 0 Å². The topological polar surface area (TPSA) is 41.6 Å². The highest BCUT2D eigenvalue weighted by molar-refractivity contribution is 5.59. The van der Waals surface area contributed by atoms with E-state index in [9.17, 15) is 0 Å². The highest BCUT2D eigenvalue weighted by atomic mass is 15.3. The highest BCUT2D eigenvalue weighted by Gasteiger charge is 2.00. The molecule has 0 unspecified atom stereocenters. The average molecular weight is 185 g/mol. The Hall–Kier alpha value is -1.90. The van der Waals surface area contributed by atoms with Crippen LogP contribution in [0, 0.1) is 0 Å². The maximum atomic E-state index is 3.42. The van der Waals surface area contributed by atoms with Gasteiger partial charge in [0.05, 0.1) is 6.20 Å². The van der Waals surface area contributed by atoms with Crippen LogP contribution in [0.2, 0.25) is 0 Å². The van der Waals surface area contributed by atoms with Crippen molar-refractivity contribution in [1.82, 2.24) is 15.4 Å². The van der Waals surface area contributed by atoms with Crippen LogP contribution in [0.25, 0.3) is 6.08 Å². The van der Waals surface area contributed by atoms with Gasteiger partial charge in [-0.05, 0) is 17.5 Å². The molecule has 0 aliphatic heterocycles. The summed E-state index contributed by atoms with van der Waals surface area (Å²) in [5.74, 6) is 0. The summed E-state index contributed by atoms with van der Waals surface area (Å²) < 4.78 is 0. The zero-order valence-electron chi connectivity index (χ0n) is 7.72. The molecule has 3 nitrogen and oxygen atoms in total. The molecule has 0 fully saturated rings. The van der Waals surface area contributed by atoms with Crippen LogP contribution in [0.15, 0.2) is 42.7 Å². The van der Waals surface area contributed by atoms with Crippen LogP contribution in [0.1, 0.15) is 11.1 Å². The molecule has 3 rings (SSSR count). The first-order valence-corrected chi connectivity index (χ1v) is 4.51. The number of rotatable bonds is 0. The second-order valence-electron chi connectivity index (χ2n) is 2.97. The van der Waals surface area contributed by atoms with Gasteiger partial charge >= 0.3 is 0 Å². The minimum absolute atomic E-state index is 1.12. The fourth-order valence-electron chi connectivity index (χ4n) is 1.36. The molecule has 0 saturated carbocycles. The number of hydrogen-bond acceptors (Lipinski definition) is 2. The molecule has 0 atom stereocenters. The van der Waals surface area contributed by atoms with Crippen LogP contribution in [-0.4, -0.2) is 15.4 Å². The van der Waals surface area contributed by atoms with E-state index in [1.54, 1.807) is 12.4 Å². The number of aromatic amines is 1. The molecule has 0 bridgehead atoms. The molecule has 1 aromatic heterocycles. The molecule has 0 radical (unpaired) electrons. The SMILES string of the molecule is C1=Cc2ccccc2C1.c1c[nH]nn1. The fraction of sp³-hybridized carbons (Fsp3) is 0.0909. The molecule has 14 heavy (non-hydrogen) atoms. The lowest BCUT2D eigenvalue weighted by Crippen LogP contribution is -1.76. The summed E-state index contributed by atoms with van der Waals surface area (Å²) in [6.45, 7) is 0. The van der Waals surface area contributed by atoms with E-state index in [-0.39, 0.29) is 0 Å². The number of allylic oxidation sites excluding steroid dienone is 1. The van der Waals surface area contributed by atoms with Gasteiger partial charge in [0.25, 0.3) is 0 Å². The van der Waals surface area contributed by atoms with Gasteiger partial charge in [-0.1, -0.05) is 41.6 Å². The number of nitrogens with zero attached hydrogens (tertiary/aromatic N) is 2. The minimum atomic E-state index is 1.12. The third kappa shape index (κ3) is 2.07. The minimum Gasteiger partial charge on any atom is -0.266 e. The van der Waals surface area contributed by atoms with E-state index < -0.39 is 0 Å². The molecule has 1 N–H and O–H groups in total. The van der Waals surface area contributed by atoms with Gasteiger partial charge in [0.15, 0.2) is 0 Å². The number of nitrogens with one attached hydrogen (secondary N) is 1. The maximum absolute atomic E-state index is 3.42. The second kappa shape index (κ2) is 4.37. The van der Waals surface area contributed by atoms with Gasteiger partial charge in [0.1, 0.15) is 0 Å². The summed E-state index contributed by atoms with van der Waals surface area (Å²) in [6.07, 6.45) is 8.73. The summed E-state index contributed by atoms with van der Waals surface area (Å²) in [5, 5.41) is 9.26. The normalized spacial score (nSPS) is 11.7. The van der Waals surface area contributed by atoms with Gasteiger partial charge in [-0.15, -0.1) is 5.10 Å². The van der Waals surface area contributed by atoms with Gasteiger partial charge in [-0.2, -0.15) is 0 Å². The monoisotopic (exact) mass is 185 g/mol. The fourth-order valence-corrected chi connectivity index (χ4v) is 1.36. The molecule has 70 valence electrons. The van der Waals surface area contributed by atoms with E-state index in [1.165, 1.54) is 11.1 Å². The van der Waals surface area contributed by atoms with Crippen molar-refractivity contribution in [3.05, 3.63) is 53.9 Å². The van der Waals surface area contributed by atoms with Crippen molar-refractivity contribution in [3.63, 3.8) is 0 Å². The Bertz CT molecular complexity index is 387. The van der Waals surface area contributed by atoms with Crippen molar-refractivity contribution in [2.24, 2.45) is 0 Å². The first kappa shape index (κ1) is 8.69. The number of benzene rings is 1. The van der Waals surface area contributed by atoms with Crippen LogP contribution >= 0.6 is 0 Å². The lowest BCUT2D eigenvalue weighted by Gasteiger charge is -1.93. The Balaban J connectivity index is 0.000000128. The Morgan fingerprint density at radius 2 is 2.14 bits per heavy atom. The van der Waals surface area contributed by atoms with Crippen molar-refractivity contribution < 1.29 is 0 Å². The molecule has 1 heterocycles. The summed E-state index contributed by atoms with van der Waals surface area (Å²) >= 11 is 0. The Morgan fingerprint density at radius 1 is 1.21 bits per heavy atom. The number of H-pyrrole nitrogens is 1. The van der Waals surface area contributed by atoms with Gasteiger partial charge in [0.2, 0.25) is 0 Å². The Labute approximate surface area is 82.5 Å². The summed E-state index contributed by atoms with van der Waals surface area (Å²) in [7, 11) is 0. The van der Waals surface area contributed by atoms with Gasteiger partial charge in [0, 0.05) is 6.20 Å². The zero-order valence-corrected chi connectivity index (χ0v) is 7.72. The average Bonchev–Trinajstić information content (AvgIpc) is 2.92. The van der Waals surface area contributed by atoms with Crippen LogP contribution < -0.4 is 0 Å². The van der Waals surface area contributed by atoms with Gasteiger partial charge in [-0.3, -0.25) is 5.10 Å². The van der Waals surface area contributed by atoms with E-state index in [2.05, 4.69) is 51.8 Å². The van der Waals surface area contributed by atoms with Crippen LogP contribution in [0.5, 0.6) is 0 Å². The Morgan fingerprint density at radius 3 is 2.79 bits per heavy atom. The van der Waals surface area contributed by atoms with Crippen molar-refractivity contribution >= 4 is 6.08 Å². The Kier molecular flexibility index (Phi) is 2.71. The number of aromatic nitrogens is 3. The predicted molar refractivity (Wildman–Crippen MR) is 55.6 cm³/mol. The van der Waals surface area contributed by atoms with Crippen molar-refractivity contribution in [2.75, 3.05) is 0 Å². The molecule has 1 aromatic carbocycles. The molecule has 1 aliphatic rings. The maximum Gasteiger partial charge on any atom is 0.0690 e. The highest BCUT2D eigenvalue weighted by Crippen LogP contribution is 2.17. The molecule has 0 amide bonds. The lowest BCUT2D eigenvalue weighted by atomic mass is 10.1. The van der Waals surface area contributed by atoms with E-state index >= 15 is 0 Å². The summed E-state index contributed by atoms with van der Waals surface area (Å²) in [6, 6.07) is 8.49. The van der Waals surface area contributed by atoms with Gasteiger partial charge in [-0.25, -0.2) is 0 Å². The summed E-state index contributed by atoms with van der Waals surface area (Å²) in [5.41, 5.74) is 2.84. The van der Waals surface area contributed by atoms with Gasteiger partial charge < -0.3 is 0 Å². The number of fused-ring (bicyclic) bond motifs is 1. The van der Waals surface area contributed by atoms with E-state index in [0.717, 1.165) is 6.42 Å². The van der Waals surface area contributed by atoms with E-state index in [0.29, 0.717) is 0 Å². The smallest absolute Gasteiger partial charge is 0.0690 e. The molecule has 0 spiro atoms. The molecular formula is C11H11N3. The zero-order chi connectivity index (χ0) is 9.64. The largest absolute Gasteiger partial charge is 0.266 e. The molecular weight excluding hydrogens is 174 g/mol. The van der Waals surface area contributed by atoms with Crippen LogP contribution in [0.4, 0.5) is 0 Å². The van der Waals surface area contributed by atoms with Crippen molar-refractivity contribution in [3.8, 4) is 0 Å². The quantitative estimate of drug-likeness (QED) is 0.682. The molecule has 1 aliphatic carbocycles. The van der Waals surface area contributed by atoms with E-state index in [4.69, 9.17) is 0 Å². The third-order valence-corrected chi connectivity index (χ3v) is 2.02. The van der Waals surface area contributed by atoms with Crippen LogP contribution in [-0.2, 0) is 6.42 Å². The lowest BCUT2D eigenvalue weighted by molar-refractivity contribution is 0.940. The first-order valence-electron chi connectivity index (χ1n) is 4.51. The molecule has 3 heteroatoms. The number of hydrogen-bond donors (Lipinski definition) is 1. The second-order valence-corrected chi connectivity index (χ2v) is 2.97. The summed E-state index contributed by atoms with van der Waals surface area (Å²) in [4.78, 5) is 0. The molecule has 0 saturated heterocycles. The van der Waals surface area contributed by atoms with E-state index in [1.807, 2.05) is 0 Å². The third-order valence-electron chi connectivity index (χ3n) is 2.02. The molecule has 2 aromatic rings. The van der Waals surface area contributed by atoms with Crippen LogP contribution in [0.3, 0.4) is 0 Å².